The Labute approximate surface area is 134 Å². The fourth-order valence-electron chi connectivity index (χ4n) is 2.07. The maximum absolute atomic E-state index is 12.2. The van der Waals surface area contributed by atoms with Crippen molar-refractivity contribution in [3.05, 3.63) is 32.1 Å². The highest BCUT2D eigenvalue weighted by Gasteiger charge is 2.39. The normalized spacial score (nSPS) is 18.3. The summed E-state index contributed by atoms with van der Waals surface area (Å²) in [6.45, 7) is 3.82. The molecule has 1 atom stereocenters. The van der Waals surface area contributed by atoms with Crippen LogP contribution in [0, 0.1) is 11.3 Å². The quantitative estimate of drug-likeness (QED) is 0.840. The van der Waals surface area contributed by atoms with Crippen molar-refractivity contribution in [2.75, 3.05) is 6.54 Å². The van der Waals surface area contributed by atoms with Gasteiger partial charge >= 0.3 is 12.1 Å². The van der Waals surface area contributed by atoms with Crippen LogP contribution in [0.25, 0.3) is 0 Å². The second-order valence-corrected chi connectivity index (χ2v) is 6.21. The molecule has 1 aromatic heterocycles. The second kappa shape index (κ2) is 6.28. The molecule has 6 nitrogen and oxygen atoms in total. The molecule has 0 radical (unpaired) electrons. The van der Waals surface area contributed by atoms with Gasteiger partial charge in [-0.25, -0.2) is 14.5 Å². The van der Waals surface area contributed by atoms with Crippen molar-refractivity contribution in [1.29, 1.82) is 5.26 Å². The Bertz CT molecular complexity index is 661. The molecular weight excluding hydrogens is 356 g/mol. The van der Waals surface area contributed by atoms with Gasteiger partial charge < -0.3 is 10.6 Å². The van der Waals surface area contributed by atoms with Gasteiger partial charge in [0.1, 0.15) is 6.04 Å². The number of amides is 4. The molecule has 0 saturated heterocycles. The van der Waals surface area contributed by atoms with E-state index >= 15 is 0 Å². The summed E-state index contributed by atoms with van der Waals surface area (Å²) in [6.07, 6.45) is 0. The van der Waals surface area contributed by atoms with Crippen molar-refractivity contribution in [2.45, 2.75) is 19.9 Å². The van der Waals surface area contributed by atoms with E-state index in [-0.39, 0.29) is 0 Å². The first-order valence-electron chi connectivity index (χ1n) is 6.22. The number of nitriles is 1. The van der Waals surface area contributed by atoms with Crippen LogP contribution >= 0.6 is 27.3 Å². The first-order valence-corrected chi connectivity index (χ1v) is 7.89. The zero-order valence-corrected chi connectivity index (χ0v) is 13.8. The molecule has 0 saturated carbocycles. The second-order valence-electron chi connectivity index (χ2n) is 4.36. The minimum Gasteiger partial charge on any atom is -0.338 e. The maximum atomic E-state index is 12.2. The monoisotopic (exact) mass is 368 g/mol. The molecule has 0 fully saturated rings. The smallest absolute Gasteiger partial charge is 0.330 e. The van der Waals surface area contributed by atoms with Gasteiger partial charge in [-0.2, -0.15) is 5.26 Å². The van der Waals surface area contributed by atoms with Gasteiger partial charge in [-0.05, 0) is 35.8 Å². The Kier molecular flexibility index (Phi) is 4.65. The van der Waals surface area contributed by atoms with Crippen molar-refractivity contribution < 1.29 is 9.59 Å². The molecule has 110 valence electrons. The number of nitrogens with one attached hydrogen (secondary N) is 2. The van der Waals surface area contributed by atoms with E-state index in [1.165, 1.54) is 11.3 Å². The van der Waals surface area contributed by atoms with Crippen LogP contribution < -0.4 is 10.6 Å². The number of thiophene rings is 1. The van der Waals surface area contributed by atoms with Gasteiger partial charge in [0.05, 0.1) is 11.6 Å². The molecule has 0 aliphatic carbocycles. The lowest BCUT2D eigenvalue weighted by molar-refractivity contribution is 0.174. The lowest BCUT2D eigenvalue weighted by atomic mass is 10.0. The van der Waals surface area contributed by atoms with Gasteiger partial charge in [0.25, 0.3) is 0 Å². The highest BCUT2D eigenvalue weighted by atomic mass is 79.9. The van der Waals surface area contributed by atoms with E-state index in [1.807, 2.05) is 11.4 Å². The minimum absolute atomic E-state index is 0.357. The van der Waals surface area contributed by atoms with Gasteiger partial charge in [0, 0.05) is 27.0 Å². The topological polar surface area (TPSA) is 85.2 Å². The third-order valence-electron chi connectivity index (χ3n) is 2.97. The molecule has 0 aromatic carbocycles. The molecule has 21 heavy (non-hydrogen) atoms. The summed E-state index contributed by atoms with van der Waals surface area (Å²) < 4.78 is 0.847. The van der Waals surface area contributed by atoms with Crippen LogP contribution in [-0.2, 0) is 0 Å². The Morgan fingerprint density at radius 2 is 2.38 bits per heavy atom. The van der Waals surface area contributed by atoms with E-state index in [2.05, 4.69) is 32.6 Å². The van der Waals surface area contributed by atoms with E-state index in [0.29, 0.717) is 17.8 Å². The van der Waals surface area contributed by atoms with Crippen molar-refractivity contribution in [1.82, 2.24) is 15.5 Å². The Morgan fingerprint density at radius 1 is 1.67 bits per heavy atom. The van der Waals surface area contributed by atoms with Crippen LogP contribution in [-0.4, -0.2) is 23.5 Å². The number of hydrogen-bond acceptors (Lipinski definition) is 4. The van der Waals surface area contributed by atoms with Crippen LogP contribution in [0.5, 0.6) is 0 Å². The molecule has 2 rings (SSSR count). The molecule has 2 heterocycles. The van der Waals surface area contributed by atoms with E-state index in [4.69, 9.17) is 0 Å². The molecular formula is C13H13BrN4O2S. The maximum Gasteiger partial charge on any atom is 0.330 e. The van der Waals surface area contributed by atoms with Gasteiger partial charge in [0.2, 0.25) is 0 Å². The first-order chi connectivity index (χ1) is 9.99. The number of hydrogen-bond donors (Lipinski definition) is 2. The molecule has 1 aliphatic heterocycles. The number of halogens is 1. The van der Waals surface area contributed by atoms with Crippen molar-refractivity contribution in [2.24, 2.45) is 0 Å². The van der Waals surface area contributed by atoms with E-state index < -0.39 is 18.1 Å². The van der Waals surface area contributed by atoms with Crippen LogP contribution in [0.15, 0.2) is 27.2 Å². The predicted molar refractivity (Wildman–Crippen MR) is 82.5 cm³/mol. The van der Waals surface area contributed by atoms with Crippen LogP contribution in [0.3, 0.4) is 0 Å². The van der Waals surface area contributed by atoms with Gasteiger partial charge in [0.15, 0.2) is 0 Å². The van der Waals surface area contributed by atoms with Gasteiger partial charge in [-0.3, -0.25) is 0 Å². The molecule has 1 aliphatic rings. The number of imide groups is 1. The number of carbonyl (C=O) groups excluding carboxylic acids is 2. The Balaban J connectivity index is 2.54. The SMILES string of the molecule is CCNC(=O)N1C(=O)NC(C)=C(C#N)C1c1cc(Br)cs1. The third kappa shape index (κ3) is 2.94. The largest absolute Gasteiger partial charge is 0.338 e. The van der Waals surface area contributed by atoms with Crippen LogP contribution in [0.4, 0.5) is 9.59 Å². The summed E-state index contributed by atoms with van der Waals surface area (Å²) in [5.74, 6) is 0. The number of nitrogens with zero attached hydrogens (tertiary/aromatic N) is 2. The molecule has 2 N–H and O–H groups in total. The van der Waals surface area contributed by atoms with E-state index in [0.717, 1.165) is 14.2 Å². The fourth-order valence-corrected chi connectivity index (χ4v) is 3.61. The number of allylic oxidation sites excluding steroid dienone is 1. The number of rotatable bonds is 2. The molecule has 1 aromatic rings. The van der Waals surface area contributed by atoms with E-state index in [1.54, 1.807) is 13.8 Å². The molecule has 8 heteroatoms. The molecule has 0 spiro atoms. The summed E-state index contributed by atoms with van der Waals surface area (Å²) in [5.41, 5.74) is 0.827. The molecule has 1 unspecified atom stereocenters. The van der Waals surface area contributed by atoms with Gasteiger partial charge in [-0.15, -0.1) is 11.3 Å². The zero-order chi connectivity index (χ0) is 15.6. The van der Waals surface area contributed by atoms with Crippen molar-refractivity contribution in [3.63, 3.8) is 0 Å². The summed E-state index contributed by atoms with van der Waals surface area (Å²) >= 11 is 4.74. The van der Waals surface area contributed by atoms with Crippen LogP contribution in [0.2, 0.25) is 0 Å². The number of urea groups is 2. The predicted octanol–water partition coefficient (Wildman–Crippen LogP) is 3.10. The minimum atomic E-state index is -0.702. The zero-order valence-electron chi connectivity index (χ0n) is 11.4. The number of carbonyl (C=O) groups is 2. The third-order valence-corrected chi connectivity index (χ3v) is 4.72. The lowest BCUT2D eigenvalue weighted by Crippen LogP contribution is -2.53. The Hall–Kier alpha value is -1.85. The fraction of sp³-hybridized carbons (Fsp3) is 0.308. The van der Waals surface area contributed by atoms with Crippen LogP contribution in [0.1, 0.15) is 24.8 Å². The molecule has 4 amide bonds. The Morgan fingerprint density at radius 3 is 2.90 bits per heavy atom. The highest BCUT2D eigenvalue weighted by Crippen LogP contribution is 2.37. The van der Waals surface area contributed by atoms with E-state index in [9.17, 15) is 14.9 Å². The lowest BCUT2D eigenvalue weighted by Gasteiger charge is -2.33. The average Bonchev–Trinajstić information content (AvgIpc) is 2.84. The average molecular weight is 369 g/mol. The van der Waals surface area contributed by atoms with Crippen molar-refractivity contribution >= 4 is 39.3 Å². The standard InChI is InChI=1S/C13H13BrN4O2S/c1-3-16-12(19)18-11(10-4-8(14)6-21-10)9(5-15)7(2)17-13(18)20/h4,6,11H,3H2,1-2H3,(H,16,19)(H,17,20). The first kappa shape index (κ1) is 15.5. The molecule has 0 bridgehead atoms. The van der Waals surface area contributed by atoms with Crippen molar-refractivity contribution in [3.8, 4) is 6.07 Å². The highest BCUT2D eigenvalue weighted by molar-refractivity contribution is 9.10. The summed E-state index contributed by atoms with van der Waals surface area (Å²) in [7, 11) is 0. The summed E-state index contributed by atoms with van der Waals surface area (Å²) in [5, 5.41) is 16.4. The summed E-state index contributed by atoms with van der Waals surface area (Å²) in [6, 6.07) is 2.14. The van der Waals surface area contributed by atoms with Gasteiger partial charge in [-0.1, -0.05) is 0 Å². The summed E-state index contributed by atoms with van der Waals surface area (Å²) in [4.78, 5) is 26.2.